The van der Waals surface area contributed by atoms with E-state index in [0.29, 0.717) is 0 Å². The molecule has 15 heavy (non-hydrogen) atoms. The lowest BCUT2D eigenvalue weighted by atomic mass is 10.4. The average Bonchev–Trinajstić information content (AvgIpc) is 2.29. The van der Waals surface area contributed by atoms with Gasteiger partial charge in [-0.3, -0.25) is 0 Å². The average molecular weight is 226 g/mol. The quantitative estimate of drug-likeness (QED) is 0.725. The zero-order valence-corrected chi connectivity index (χ0v) is 10.1. The van der Waals surface area contributed by atoms with Gasteiger partial charge in [-0.15, -0.1) is 0 Å². The number of nitrogens with zero attached hydrogens (tertiary/aromatic N) is 1. The second-order valence-corrected chi connectivity index (χ2v) is 4.45. The lowest BCUT2D eigenvalue weighted by Crippen LogP contribution is -2.04. The smallest absolute Gasteiger partial charge is 0.129 e. The fraction of sp³-hybridized carbons (Fsp3) is 0.545. The standard InChI is InChI=1S/C11H18N2OS/c1-3-15-8-4-6-12-11-9-10(14-2)5-7-13-11/h5,7,9H,3-4,6,8H2,1-2H3,(H,12,13). The molecule has 3 nitrogen and oxygen atoms in total. The van der Waals surface area contributed by atoms with Gasteiger partial charge in [0.1, 0.15) is 11.6 Å². The van der Waals surface area contributed by atoms with E-state index >= 15 is 0 Å². The molecule has 0 aliphatic carbocycles. The summed E-state index contributed by atoms with van der Waals surface area (Å²) in [6.45, 7) is 3.15. The zero-order chi connectivity index (χ0) is 10.9. The lowest BCUT2D eigenvalue weighted by molar-refractivity contribution is 0.414. The molecule has 0 aliphatic heterocycles. The zero-order valence-electron chi connectivity index (χ0n) is 9.32. The first-order valence-electron chi connectivity index (χ1n) is 5.18. The summed E-state index contributed by atoms with van der Waals surface area (Å²) >= 11 is 1.97. The number of thioether (sulfide) groups is 1. The maximum absolute atomic E-state index is 5.12. The number of nitrogens with one attached hydrogen (secondary N) is 1. The third-order valence-electron chi connectivity index (χ3n) is 1.94. The van der Waals surface area contributed by atoms with Gasteiger partial charge in [0.25, 0.3) is 0 Å². The fourth-order valence-corrected chi connectivity index (χ4v) is 1.81. The number of pyridine rings is 1. The van der Waals surface area contributed by atoms with Crippen LogP contribution in [0.1, 0.15) is 13.3 Å². The molecule has 0 spiro atoms. The summed E-state index contributed by atoms with van der Waals surface area (Å²) in [6.07, 6.45) is 2.92. The van der Waals surface area contributed by atoms with Crippen LogP contribution in [0.4, 0.5) is 5.82 Å². The molecule has 0 bridgehead atoms. The Morgan fingerprint density at radius 2 is 2.40 bits per heavy atom. The second-order valence-electron chi connectivity index (χ2n) is 3.06. The van der Waals surface area contributed by atoms with Gasteiger partial charge < -0.3 is 10.1 Å². The Labute approximate surface area is 95.6 Å². The molecule has 1 heterocycles. The predicted octanol–water partition coefficient (Wildman–Crippen LogP) is 2.65. The maximum Gasteiger partial charge on any atom is 0.129 e. The van der Waals surface area contributed by atoms with E-state index in [2.05, 4.69) is 17.2 Å². The van der Waals surface area contributed by atoms with Crippen LogP contribution in [0.5, 0.6) is 5.75 Å². The van der Waals surface area contributed by atoms with Crippen LogP contribution in [0.15, 0.2) is 18.3 Å². The van der Waals surface area contributed by atoms with Gasteiger partial charge in [0, 0.05) is 18.8 Å². The third-order valence-corrected chi connectivity index (χ3v) is 2.93. The van der Waals surface area contributed by atoms with Crippen LogP contribution in [-0.2, 0) is 0 Å². The highest BCUT2D eigenvalue weighted by Crippen LogP contribution is 2.13. The Morgan fingerprint density at radius 1 is 1.53 bits per heavy atom. The number of aromatic nitrogens is 1. The molecule has 1 aromatic rings. The minimum atomic E-state index is 0.843. The molecule has 0 radical (unpaired) electrons. The Morgan fingerprint density at radius 3 is 3.13 bits per heavy atom. The van der Waals surface area contributed by atoms with Crippen LogP contribution in [-0.4, -0.2) is 30.1 Å². The molecular weight excluding hydrogens is 208 g/mol. The van der Waals surface area contributed by atoms with Crippen molar-refractivity contribution in [3.05, 3.63) is 18.3 Å². The minimum absolute atomic E-state index is 0.843. The summed E-state index contributed by atoms with van der Waals surface area (Å²) < 4.78 is 5.12. The summed E-state index contributed by atoms with van der Waals surface area (Å²) in [7, 11) is 1.66. The third kappa shape index (κ3) is 4.93. The predicted molar refractivity (Wildman–Crippen MR) is 66.9 cm³/mol. The normalized spacial score (nSPS) is 10.0. The summed E-state index contributed by atoms with van der Waals surface area (Å²) in [5, 5.41) is 3.27. The van der Waals surface area contributed by atoms with E-state index in [0.717, 1.165) is 24.5 Å². The topological polar surface area (TPSA) is 34.1 Å². The Kier molecular flexibility index (Phi) is 6.00. The fourth-order valence-electron chi connectivity index (χ4n) is 1.17. The van der Waals surface area contributed by atoms with E-state index in [4.69, 9.17) is 4.74 Å². The summed E-state index contributed by atoms with van der Waals surface area (Å²) in [5.74, 6) is 4.12. The van der Waals surface area contributed by atoms with Crippen LogP contribution < -0.4 is 10.1 Å². The van der Waals surface area contributed by atoms with Gasteiger partial charge >= 0.3 is 0 Å². The number of methoxy groups -OCH3 is 1. The van der Waals surface area contributed by atoms with Gasteiger partial charge in [-0.2, -0.15) is 11.8 Å². The van der Waals surface area contributed by atoms with Crippen molar-refractivity contribution in [3.63, 3.8) is 0 Å². The molecule has 0 aromatic carbocycles. The molecule has 0 saturated heterocycles. The molecule has 0 unspecified atom stereocenters. The van der Waals surface area contributed by atoms with Crippen LogP contribution in [0.2, 0.25) is 0 Å². The van der Waals surface area contributed by atoms with Crippen molar-refractivity contribution in [2.45, 2.75) is 13.3 Å². The maximum atomic E-state index is 5.12. The van der Waals surface area contributed by atoms with Gasteiger partial charge in [0.15, 0.2) is 0 Å². The minimum Gasteiger partial charge on any atom is -0.497 e. The van der Waals surface area contributed by atoms with Crippen molar-refractivity contribution in [1.82, 2.24) is 4.98 Å². The number of anilines is 1. The van der Waals surface area contributed by atoms with E-state index in [1.807, 2.05) is 23.9 Å². The van der Waals surface area contributed by atoms with E-state index in [-0.39, 0.29) is 0 Å². The Bertz CT molecular complexity index is 281. The van der Waals surface area contributed by atoms with E-state index in [9.17, 15) is 0 Å². The Hall–Kier alpha value is -0.900. The summed E-state index contributed by atoms with van der Waals surface area (Å²) in [5.41, 5.74) is 0. The summed E-state index contributed by atoms with van der Waals surface area (Å²) in [4.78, 5) is 4.21. The number of rotatable bonds is 7. The SMILES string of the molecule is CCSCCCNc1cc(OC)ccn1. The van der Waals surface area contributed by atoms with Crippen LogP contribution >= 0.6 is 11.8 Å². The highest BCUT2D eigenvalue weighted by molar-refractivity contribution is 7.99. The van der Waals surface area contributed by atoms with Gasteiger partial charge in [-0.1, -0.05) is 6.92 Å². The first kappa shape index (κ1) is 12.2. The van der Waals surface area contributed by atoms with Crippen molar-refractivity contribution < 1.29 is 4.74 Å². The monoisotopic (exact) mass is 226 g/mol. The van der Waals surface area contributed by atoms with Crippen molar-refractivity contribution >= 4 is 17.6 Å². The number of ether oxygens (including phenoxy) is 1. The van der Waals surface area contributed by atoms with Crippen molar-refractivity contribution in [3.8, 4) is 5.75 Å². The highest BCUT2D eigenvalue weighted by Gasteiger charge is 1.95. The first-order chi connectivity index (χ1) is 7.36. The van der Waals surface area contributed by atoms with Gasteiger partial charge in [0.2, 0.25) is 0 Å². The molecule has 84 valence electrons. The summed E-state index contributed by atoms with van der Waals surface area (Å²) in [6, 6.07) is 3.76. The first-order valence-corrected chi connectivity index (χ1v) is 6.34. The van der Waals surface area contributed by atoms with Crippen LogP contribution in [0.3, 0.4) is 0 Å². The highest BCUT2D eigenvalue weighted by atomic mass is 32.2. The second kappa shape index (κ2) is 7.40. The molecule has 1 rings (SSSR count). The number of hydrogen-bond acceptors (Lipinski definition) is 4. The van der Waals surface area contributed by atoms with E-state index < -0.39 is 0 Å². The van der Waals surface area contributed by atoms with Crippen LogP contribution in [0.25, 0.3) is 0 Å². The molecule has 0 fully saturated rings. The molecule has 0 amide bonds. The molecule has 0 saturated carbocycles. The molecule has 1 aromatic heterocycles. The van der Waals surface area contributed by atoms with Gasteiger partial charge in [-0.25, -0.2) is 4.98 Å². The molecule has 0 aliphatic rings. The number of hydrogen-bond donors (Lipinski definition) is 1. The molecule has 4 heteroatoms. The van der Waals surface area contributed by atoms with Gasteiger partial charge in [0.05, 0.1) is 7.11 Å². The molecule has 1 N–H and O–H groups in total. The van der Waals surface area contributed by atoms with Crippen molar-refractivity contribution in [2.24, 2.45) is 0 Å². The largest absolute Gasteiger partial charge is 0.497 e. The Balaban J connectivity index is 2.24. The molecule has 0 atom stereocenters. The van der Waals surface area contributed by atoms with Gasteiger partial charge in [-0.05, 0) is 24.0 Å². The van der Waals surface area contributed by atoms with E-state index in [1.54, 1.807) is 13.3 Å². The van der Waals surface area contributed by atoms with Crippen molar-refractivity contribution in [1.29, 1.82) is 0 Å². The van der Waals surface area contributed by atoms with Crippen LogP contribution in [0, 0.1) is 0 Å². The lowest BCUT2D eigenvalue weighted by Gasteiger charge is -2.06. The van der Waals surface area contributed by atoms with E-state index in [1.165, 1.54) is 11.5 Å². The van der Waals surface area contributed by atoms with Crippen molar-refractivity contribution in [2.75, 3.05) is 30.5 Å². The molecular formula is C11H18N2OS.